The first-order valence-corrected chi connectivity index (χ1v) is 11.5. The fraction of sp³-hybridized carbons (Fsp3) is 0.280. The van der Waals surface area contributed by atoms with Crippen molar-refractivity contribution in [3.05, 3.63) is 80.4 Å². The number of benzene rings is 2. The highest BCUT2D eigenvalue weighted by molar-refractivity contribution is 6.33. The molecule has 4 aromatic rings. The van der Waals surface area contributed by atoms with Gasteiger partial charge in [0.1, 0.15) is 12.1 Å². The lowest BCUT2D eigenvalue weighted by molar-refractivity contribution is -0.137. The maximum absolute atomic E-state index is 13.4. The van der Waals surface area contributed by atoms with E-state index in [9.17, 15) is 22.8 Å². The van der Waals surface area contributed by atoms with Crippen molar-refractivity contribution in [1.82, 2.24) is 19.6 Å². The summed E-state index contributed by atoms with van der Waals surface area (Å²) < 4.78 is 41.7. The van der Waals surface area contributed by atoms with Gasteiger partial charge in [-0.1, -0.05) is 31.5 Å². The number of halogens is 4. The number of hydrogen-bond donors (Lipinski definition) is 1. The number of carbonyl (C=O) groups excluding carboxylic acids is 1. The van der Waals surface area contributed by atoms with E-state index >= 15 is 0 Å². The summed E-state index contributed by atoms with van der Waals surface area (Å²) in [5.74, 6) is -0.852. The zero-order valence-corrected chi connectivity index (χ0v) is 20.7. The van der Waals surface area contributed by atoms with Gasteiger partial charge >= 0.3 is 6.18 Å². The zero-order valence-electron chi connectivity index (χ0n) is 19.9. The molecule has 0 saturated heterocycles. The maximum atomic E-state index is 13.4. The van der Waals surface area contributed by atoms with Crippen molar-refractivity contribution >= 4 is 34.1 Å². The van der Waals surface area contributed by atoms with Crippen LogP contribution in [-0.2, 0) is 17.5 Å². The van der Waals surface area contributed by atoms with E-state index in [-0.39, 0.29) is 22.1 Å². The van der Waals surface area contributed by atoms with Crippen LogP contribution in [0, 0.1) is 13.8 Å². The molecule has 0 fully saturated rings. The minimum absolute atomic E-state index is 0.0669. The second-order valence-electron chi connectivity index (χ2n) is 8.83. The number of fused-ring (bicyclic) bond motifs is 1. The normalized spacial score (nSPS) is 11.9. The Kier molecular flexibility index (Phi) is 6.66. The van der Waals surface area contributed by atoms with Crippen LogP contribution in [0.1, 0.15) is 42.1 Å². The van der Waals surface area contributed by atoms with E-state index in [4.69, 9.17) is 11.6 Å². The van der Waals surface area contributed by atoms with Crippen LogP contribution in [0.3, 0.4) is 0 Å². The monoisotopic (exact) mass is 517 g/mol. The molecule has 11 heteroatoms. The van der Waals surface area contributed by atoms with Crippen molar-refractivity contribution in [3.63, 3.8) is 0 Å². The van der Waals surface area contributed by atoms with Gasteiger partial charge in [-0.05, 0) is 61.2 Å². The molecule has 0 bridgehead atoms. The Labute approximate surface area is 209 Å². The first kappa shape index (κ1) is 25.4. The number of nitrogens with zero attached hydrogens (tertiary/aromatic N) is 4. The van der Waals surface area contributed by atoms with Gasteiger partial charge in [-0.2, -0.15) is 23.4 Å². The number of alkyl halides is 3. The van der Waals surface area contributed by atoms with Crippen molar-refractivity contribution in [2.75, 3.05) is 5.32 Å². The second kappa shape index (κ2) is 9.42. The van der Waals surface area contributed by atoms with Crippen LogP contribution in [0.2, 0.25) is 5.02 Å². The molecule has 0 atom stereocenters. The molecular formula is C25H23ClF3N5O2. The predicted molar refractivity (Wildman–Crippen MR) is 132 cm³/mol. The van der Waals surface area contributed by atoms with E-state index in [1.165, 1.54) is 4.68 Å². The molecule has 0 aliphatic heterocycles. The van der Waals surface area contributed by atoms with Gasteiger partial charge in [0.2, 0.25) is 5.91 Å². The Morgan fingerprint density at radius 2 is 1.83 bits per heavy atom. The summed E-state index contributed by atoms with van der Waals surface area (Å²) >= 11 is 5.99. The van der Waals surface area contributed by atoms with Gasteiger partial charge in [0, 0.05) is 5.39 Å². The SMILES string of the molecule is Cc1ccc(-n2ncc3c(C(C)C)nn(CC(=O)Nc4cc(C(F)(F)F)ccc4Cl)c(=O)c32)cc1C. The summed E-state index contributed by atoms with van der Waals surface area (Å²) in [6.45, 7) is 7.19. The average Bonchev–Trinajstić information content (AvgIpc) is 3.23. The van der Waals surface area contributed by atoms with E-state index in [0.717, 1.165) is 34.0 Å². The Morgan fingerprint density at radius 3 is 2.47 bits per heavy atom. The smallest absolute Gasteiger partial charge is 0.323 e. The largest absolute Gasteiger partial charge is 0.416 e. The summed E-state index contributed by atoms with van der Waals surface area (Å²) in [4.78, 5) is 26.2. The second-order valence-corrected chi connectivity index (χ2v) is 9.24. The standard InChI is InChI=1S/C25H23ClF3N5O2/c1-13(2)22-18-11-30-34(17-7-5-14(3)15(4)9-17)23(18)24(36)33(32-22)12-21(35)31-20-10-16(25(27,28)29)6-8-19(20)26/h5-11,13H,12H2,1-4H3,(H,31,35). The Balaban J connectivity index is 1.75. The van der Waals surface area contributed by atoms with E-state index < -0.39 is 29.8 Å². The average molecular weight is 518 g/mol. The molecule has 2 aromatic carbocycles. The lowest BCUT2D eigenvalue weighted by atomic mass is 10.1. The quantitative estimate of drug-likeness (QED) is 0.372. The van der Waals surface area contributed by atoms with Crippen LogP contribution < -0.4 is 10.9 Å². The molecule has 2 heterocycles. The third-order valence-electron chi connectivity index (χ3n) is 5.85. The summed E-state index contributed by atoms with van der Waals surface area (Å²) in [7, 11) is 0. The first-order chi connectivity index (χ1) is 16.9. The van der Waals surface area contributed by atoms with Gasteiger partial charge in [0.15, 0.2) is 0 Å². The lowest BCUT2D eigenvalue weighted by Gasteiger charge is -2.14. The molecule has 0 radical (unpaired) electrons. The predicted octanol–water partition coefficient (Wildman–Crippen LogP) is 5.63. The van der Waals surface area contributed by atoms with Gasteiger partial charge in [0.05, 0.1) is 33.9 Å². The Bertz CT molecular complexity index is 1540. The number of carbonyl (C=O) groups is 1. The van der Waals surface area contributed by atoms with Gasteiger partial charge < -0.3 is 5.32 Å². The highest BCUT2D eigenvalue weighted by Crippen LogP contribution is 2.34. The summed E-state index contributed by atoms with van der Waals surface area (Å²) in [5, 5.41) is 11.6. The first-order valence-electron chi connectivity index (χ1n) is 11.1. The number of aromatic nitrogens is 4. The molecule has 0 saturated carbocycles. The van der Waals surface area contributed by atoms with Crippen molar-refractivity contribution in [2.24, 2.45) is 0 Å². The number of anilines is 1. The summed E-state index contributed by atoms with van der Waals surface area (Å²) in [5.41, 5.74) is 1.86. The molecule has 7 nitrogen and oxygen atoms in total. The maximum Gasteiger partial charge on any atom is 0.416 e. The van der Waals surface area contributed by atoms with Crippen LogP contribution in [0.15, 0.2) is 47.4 Å². The number of amides is 1. The van der Waals surface area contributed by atoms with Crippen LogP contribution in [0.4, 0.5) is 18.9 Å². The van der Waals surface area contributed by atoms with Gasteiger partial charge in [-0.25, -0.2) is 9.36 Å². The van der Waals surface area contributed by atoms with E-state index in [2.05, 4.69) is 15.5 Å². The molecule has 36 heavy (non-hydrogen) atoms. The third kappa shape index (κ3) is 4.86. The molecular weight excluding hydrogens is 495 g/mol. The number of hydrogen-bond acceptors (Lipinski definition) is 4. The van der Waals surface area contributed by atoms with Gasteiger partial charge in [-0.15, -0.1) is 0 Å². The van der Waals surface area contributed by atoms with E-state index in [0.29, 0.717) is 16.8 Å². The molecule has 0 aliphatic carbocycles. The van der Waals surface area contributed by atoms with E-state index in [1.807, 2.05) is 45.9 Å². The molecule has 1 N–H and O–H groups in total. The Morgan fingerprint density at radius 1 is 1.11 bits per heavy atom. The fourth-order valence-electron chi connectivity index (χ4n) is 3.80. The highest BCUT2D eigenvalue weighted by Gasteiger charge is 2.31. The molecule has 2 aromatic heterocycles. The fourth-order valence-corrected chi connectivity index (χ4v) is 3.97. The van der Waals surface area contributed by atoms with Crippen LogP contribution in [-0.4, -0.2) is 25.5 Å². The van der Waals surface area contributed by atoms with Crippen molar-refractivity contribution < 1.29 is 18.0 Å². The molecule has 4 rings (SSSR count). The number of rotatable bonds is 5. The molecule has 0 spiro atoms. The van der Waals surface area contributed by atoms with Crippen LogP contribution in [0.25, 0.3) is 16.6 Å². The Hall–Kier alpha value is -3.66. The number of aryl methyl sites for hydroxylation is 2. The lowest BCUT2D eigenvalue weighted by Crippen LogP contribution is -2.31. The number of nitrogens with one attached hydrogen (secondary N) is 1. The summed E-state index contributed by atoms with van der Waals surface area (Å²) in [6, 6.07) is 8.29. The highest BCUT2D eigenvalue weighted by atomic mass is 35.5. The third-order valence-corrected chi connectivity index (χ3v) is 6.18. The molecule has 188 valence electrons. The molecule has 0 aliphatic rings. The minimum atomic E-state index is -4.60. The van der Waals surface area contributed by atoms with Crippen LogP contribution >= 0.6 is 11.6 Å². The van der Waals surface area contributed by atoms with Gasteiger partial charge in [0.25, 0.3) is 5.56 Å². The van der Waals surface area contributed by atoms with Crippen molar-refractivity contribution in [1.29, 1.82) is 0 Å². The topological polar surface area (TPSA) is 81.8 Å². The summed E-state index contributed by atoms with van der Waals surface area (Å²) in [6.07, 6.45) is -3.03. The van der Waals surface area contributed by atoms with Crippen molar-refractivity contribution in [2.45, 2.75) is 46.3 Å². The zero-order chi connectivity index (χ0) is 26.4. The minimum Gasteiger partial charge on any atom is -0.323 e. The van der Waals surface area contributed by atoms with Crippen LogP contribution in [0.5, 0.6) is 0 Å². The molecule has 1 amide bonds. The van der Waals surface area contributed by atoms with E-state index in [1.54, 1.807) is 6.20 Å². The molecule has 0 unspecified atom stereocenters. The van der Waals surface area contributed by atoms with Gasteiger partial charge in [-0.3, -0.25) is 9.59 Å². The van der Waals surface area contributed by atoms with Crippen molar-refractivity contribution in [3.8, 4) is 5.69 Å².